The Bertz CT molecular complexity index is 600. The normalized spacial score (nSPS) is 10.2. The van der Waals surface area contributed by atoms with E-state index in [9.17, 15) is 4.79 Å². The summed E-state index contributed by atoms with van der Waals surface area (Å²) in [6.07, 6.45) is 5.70. The molecule has 5 heteroatoms. The fourth-order valence-corrected chi connectivity index (χ4v) is 1.83. The van der Waals surface area contributed by atoms with E-state index >= 15 is 0 Å². The van der Waals surface area contributed by atoms with Crippen molar-refractivity contribution in [3.05, 3.63) is 42.2 Å². The molecule has 0 bridgehead atoms. The van der Waals surface area contributed by atoms with Gasteiger partial charge in [0.05, 0.1) is 0 Å². The minimum absolute atomic E-state index is 0.0417. The van der Waals surface area contributed by atoms with Crippen LogP contribution in [0.25, 0.3) is 0 Å². The molecular formula is C16H19N3O2. The number of amides is 1. The van der Waals surface area contributed by atoms with Crippen molar-refractivity contribution in [2.45, 2.75) is 33.1 Å². The molecule has 1 aromatic carbocycles. The Labute approximate surface area is 124 Å². The largest absolute Gasteiger partial charge is 0.424 e. The number of ether oxygens (including phenoxy) is 1. The van der Waals surface area contributed by atoms with Crippen LogP contribution in [0.2, 0.25) is 0 Å². The first-order chi connectivity index (χ1) is 10.2. The summed E-state index contributed by atoms with van der Waals surface area (Å²) in [7, 11) is 0. The molecule has 0 saturated heterocycles. The number of rotatable bonds is 6. The molecule has 2 rings (SSSR count). The molecule has 21 heavy (non-hydrogen) atoms. The van der Waals surface area contributed by atoms with Gasteiger partial charge in [0.15, 0.2) is 0 Å². The summed E-state index contributed by atoms with van der Waals surface area (Å²) in [6.45, 7) is 3.99. The van der Waals surface area contributed by atoms with Gasteiger partial charge in [0, 0.05) is 24.5 Å². The van der Waals surface area contributed by atoms with E-state index in [1.165, 1.54) is 0 Å². The van der Waals surface area contributed by atoms with Gasteiger partial charge in [-0.15, -0.1) is 0 Å². The van der Waals surface area contributed by atoms with Crippen LogP contribution in [0.1, 0.15) is 31.7 Å². The van der Waals surface area contributed by atoms with Crippen LogP contribution in [-0.2, 0) is 4.79 Å². The highest BCUT2D eigenvalue weighted by molar-refractivity contribution is 5.91. The van der Waals surface area contributed by atoms with Crippen molar-refractivity contribution in [2.24, 2.45) is 0 Å². The molecule has 5 nitrogen and oxygen atoms in total. The highest BCUT2D eigenvalue weighted by atomic mass is 16.5. The standard InChI is InChI=1S/C16H19N3O2/c1-3-4-6-15(20)19-14-8-7-13(11-12(14)2)21-16-17-9-5-10-18-16/h5,7-11H,3-4,6H2,1-2H3,(H,19,20). The third-order valence-electron chi connectivity index (χ3n) is 2.98. The highest BCUT2D eigenvalue weighted by Gasteiger charge is 2.06. The Morgan fingerprint density at radius 2 is 2.05 bits per heavy atom. The molecule has 0 saturated carbocycles. The van der Waals surface area contributed by atoms with Gasteiger partial charge in [0.25, 0.3) is 0 Å². The van der Waals surface area contributed by atoms with Crippen LogP contribution in [0.3, 0.4) is 0 Å². The number of carbonyl (C=O) groups is 1. The molecule has 0 aliphatic heterocycles. The van der Waals surface area contributed by atoms with E-state index in [0.717, 1.165) is 24.1 Å². The Kier molecular flexibility index (Phi) is 5.26. The van der Waals surface area contributed by atoms with Crippen LogP contribution in [0, 0.1) is 6.92 Å². The molecule has 0 atom stereocenters. The maximum atomic E-state index is 11.7. The van der Waals surface area contributed by atoms with Crippen molar-refractivity contribution in [2.75, 3.05) is 5.32 Å². The number of unbranched alkanes of at least 4 members (excludes halogenated alkanes) is 1. The maximum absolute atomic E-state index is 11.7. The number of carbonyl (C=O) groups excluding carboxylic acids is 1. The first-order valence-corrected chi connectivity index (χ1v) is 7.04. The molecule has 0 radical (unpaired) electrons. The molecule has 0 unspecified atom stereocenters. The molecule has 0 fully saturated rings. The van der Waals surface area contributed by atoms with Crippen molar-refractivity contribution < 1.29 is 9.53 Å². The fraction of sp³-hybridized carbons (Fsp3) is 0.312. The van der Waals surface area contributed by atoms with Crippen LogP contribution >= 0.6 is 0 Å². The molecule has 0 aliphatic rings. The SMILES string of the molecule is CCCCC(=O)Nc1ccc(Oc2ncccn2)cc1C. The lowest BCUT2D eigenvalue weighted by atomic mass is 10.1. The quantitative estimate of drug-likeness (QED) is 0.878. The molecule has 0 spiro atoms. The van der Waals surface area contributed by atoms with Crippen molar-refractivity contribution in [3.8, 4) is 11.8 Å². The second-order valence-electron chi connectivity index (χ2n) is 4.76. The Balaban J connectivity index is 2.02. The van der Waals surface area contributed by atoms with E-state index in [1.54, 1.807) is 24.5 Å². The Morgan fingerprint density at radius 1 is 1.29 bits per heavy atom. The van der Waals surface area contributed by atoms with E-state index in [4.69, 9.17) is 4.74 Å². The molecule has 1 amide bonds. The minimum Gasteiger partial charge on any atom is -0.424 e. The van der Waals surface area contributed by atoms with Gasteiger partial charge in [-0.3, -0.25) is 4.79 Å². The van der Waals surface area contributed by atoms with Gasteiger partial charge in [0.2, 0.25) is 5.91 Å². The summed E-state index contributed by atoms with van der Waals surface area (Å²) >= 11 is 0. The number of nitrogens with one attached hydrogen (secondary N) is 1. The van der Waals surface area contributed by atoms with Gasteiger partial charge in [-0.1, -0.05) is 13.3 Å². The van der Waals surface area contributed by atoms with E-state index in [-0.39, 0.29) is 5.91 Å². The lowest BCUT2D eigenvalue weighted by molar-refractivity contribution is -0.116. The number of nitrogens with zero attached hydrogens (tertiary/aromatic N) is 2. The third-order valence-corrected chi connectivity index (χ3v) is 2.98. The molecule has 0 aliphatic carbocycles. The van der Waals surface area contributed by atoms with Crippen LogP contribution in [0.4, 0.5) is 5.69 Å². The second-order valence-corrected chi connectivity index (χ2v) is 4.76. The van der Waals surface area contributed by atoms with Crippen LogP contribution in [0.5, 0.6) is 11.8 Å². The topological polar surface area (TPSA) is 64.1 Å². The molecule has 110 valence electrons. The molecule has 2 aromatic rings. The van der Waals surface area contributed by atoms with Crippen molar-refractivity contribution in [1.82, 2.24) is 9.97 Å². The van der Waals surface area contributed by atoms with E-state index in [0.29, 0.717) is 18.2 Å². The Morgan fingerprint density at radius 3 is 2.71 bits per heavy atom. The monoisotopic (exact) mass is 285 g/mol. The van der Waals surface area contributed by atoms with Crippen molar-refractivity contribution in [3.63, 3.8) is 0 Å². The lowest BCUT2D eigenvalue weighted by Crippen LogP contribution is -2.11. The fourth-order valence-electron chi connectivity index (χ4n) is 1.83. The Hall–Kier alpha value is -2.43. The molecular weight excluding hydrogens is 266 g/mol. The molecule has 1 heterocycles. The maximum Gasteiger partial charge on any atom is 0.321 e. The zero-order valence-corrected chi connectivity index (χ0v) is 12.3. The van der Waals surface area contributed by atoms with E-state index < -0.39 is 0 Å². The van der Waals surface area contributed by atoms with Crippen LogP contribution in [-0.4, -0.2) is 15.9 Å². The number of aryl methyl sites for hydroxylation is 1. The van der Waals surface area contributed by atoms with Gasteiger partial charge < -0.3 is 10.1 Å². The predicted octanol–water partition coefficient (Wildman–Crippen LogP) is 3.71. The first-order valence-electron chi connectivity index (χ1n) is 7.04. The summed E-state index contributed by atoms with van der Waals surface area (Å²) < 4.78 is 5.55. The zero-order chi connectivity index (χ0) is 15.1. The second kappa shape index (κ2) is 7.38. The van der Waals surface area contributed by atoms with Crippen LogP contribution < -0.4 is 10.1 Å². The van der Waals surface area contributed by atoms with Crippen molar-refractivity contribution >= 4 is 11.6 Å². The summed E-state index contributed by atoms with van der Waals surface area (Å²) in [5, 5.41) is 2.91. The van der Waals surface area contributed by atoms with Crippen molar-refractivity contribution in [1.29, 1.82) is 0 Å². The molecule has 1 aromatic heterocycles. The number of benzene rings is 1. The van der Waals surface area contributed by atoms with Gasteiger partial charge in [-0.25, -0.2) is 9.97 Å². The summed E-state index contributed by atoms with van der Waals surface area (Å²) in [4.78, 5) is 19.7. The minimum atomic E-state index is 0.0417. The smallest absolute Gasteiger partial charge is 0.321 e. The lowest BCUT2D eigenvalue weighted by Gasteiger charge is -2.10. The first kappa shape index (κ1) is 15.0. The third kappa shape index (κ3) is 4.56. The number of hydrogen-bond acceptors (Lipinski definition) is 4. The van der Waals surface area contributed by atoms with Gasteiger partial charge in [-0.05, 0) is 43.2 Å². The van der Waals surface area contributed by atoms with Crippen LogP contribution in [0.15, 0.2) is 36.7 Å². The van der Waals surface area contributed by atoms with E-state index in [2.05, 4.69) is 22.2 Å². The average molecular weight is 285 g/mol. The summed E-state index contributed by atoms with van der Waals surface area (Å²) in [5.41, 5.74) is 1.74. The zero-order valence-electron chi connectivity index (χ0n) is 12.3. The molecule has 1 N–H and O–H groups in total. The van der Waals surface area contributed by atoms with Gasteiger partial charge in [-0.2, -0.15) is 0 Å². The van der Waals surface area contributed by atoms with E-state index in [1.807, 2.05) is 19.1 Å². The predicted molar refractivity (Wildman–Crippen MR) is 81.4 cm³/mol. The highest BCUT2D eigenvalue weighted by Crippen LogP contribution is 2.24. The number of aromatic nitrogens is 2. The number of hydrogen-bond donors (Lipinski definition) is 1. The summed E-state index contributed by atoms with van der Waals surface area (Å²) in [6, 6.07) is 7.51. The average Bonchev–Trinajstić information content (AvgIpc) is 2.49. The number of anilines is 1. The van der Waals surface area contributed by atoms with Gasteiger partial charge >= 0.3 is 6.01 Å². The van der Waals surface area contributed by atoms with Gasteiger partial charge in [0.1, 0.15) is 5.75 Å². The summed E-state index contributed by atoms with van der Waals surface area (Å²) in [5.74, 6) is 0.685.